The maximum atomic E-state index is 10.8. The van der Waals surface area contributed by atoms with Crippen LogP contribution in [0.3, 0.4) is 0 Å². The number of hydrogen-bond donors (Lipinski definition) is 1. The van der Waals surface area contributed by atoms with Gasteiger partial charge in [0, 0.05) is 26.2 Å². The Hall–Kier alpha value is -0.197. The first kappa shape index (κ1) is 13.9. The molecule has 1 nitrogen and oxygen atoms in total. The predicted octanol–water partition coefficient (Wildman–Crippen LogP) is 3.29. The van der Waals surface area contributed by atoms with Gasteiger partial charge in [-0.05, 0) is 30.4 Å². The van der Waals surface area contributed by atoms with E-state index in [1.54, 1.807) is 0 Å². The third kappa shape index (κ3) is 2.55. The Balaban J connectivity index is 0.00000128. The van der Waals surface area contributed by atoms with E-state index >= 15 is 0 Å². The predicted molar refractivity (Wildman–Crippen MR) is 63.5 cm³/mol. The Labute approximate surface area is 117 Å². The summed E-state index contributed by atoms with van der Waals surface area (Å²) in [6.07, 6.45) is 16.1. The van der Waals surface area contributed by atoms with E-state index in [1.807, 2.05) is 12.2 Å². The van der Waals surface area contributed by atoms with Gasteiger partial charge in [0.25, 0.3) is 0 Å². The molecule has 0 heterocycles. The smallest absolute Gasteiger partial charge is 0.108 e. The molecule has 2 aliphatic rings. The Kier molecular flexibility index (Phi) is 5.14. The molecule has 0 fully saturated rings. The molecule has 0 radical (unpaired) electrons. The van der Waals surface area contributed by atoms with Crippen LogP contribution in [0.5, 0.6) is 0 Å². The van der Waals surface area contributed by atoms with Crippen LogP contribution >= 0.6 is 0 Å². The fraction of sp³-hybridized carbons (Fsp3) is 0.429. The van der Waals surface area contributed by atoms with E-state index in [0.29, 0.717) is 0 Å². The van der Waals surface area contributed by atoms with Crippen molar-refractivity contribution in [2.75, 3.05) is 0 Å². The van der Waals surface area contributed by atoms with Gasteiger partial charge in [-0.3, -0.25) is 0 Å². The fourth-order valence-electron chi connectivity index (χ4n) is 2.40. The van der Waals surface area contributed by atoms with Crippen LogP contribution in [0, 0.1) is 0 Å². The Bertz CT molecular complexity index is 331. The minimum atomic E-state index is -0.693. The molecule has 0 bridgehead atoms. The van der Waals surface area contributed by atoms with Crippen LogP contribution in [0.4, 0.5) is 0 Å². The van der Waals surface area contributed by atoms with Crippen molar-refractivity contribution >= 4 is 0 Å². The van der Waals surface area contributed by atoms with Crippen LogP contribution < -0.4 is 0 Å². The van der Waals surface area contributed by atoms with Gasteiger partial charge < -0.3 is 5.11 Å². The zero-order valence-corrected chi connectivity index (χ0v) is 12.2. The van der Waals surface area contributed by atoms with E-state index in [-0.39, 0.29) is 26.2 Å². The van der Waals surface area contributed by atoms with Gasteiger partial charge in [-0.15, -0.1) is 0 Å². The Morgan fingerprint density at radius 2 is 1.62 bits per heavy atom. The molecular weight excluding hydrogens is 275 g/mol. The molecule has 2 aliphatic carbocycles. The molecule has 0 atom stereocenters. The molecule has 16 heavy (non-hydrogen) atoms. The first-order chi connectivity index (χ1) is 7.27. The topological polar surface area (TPSA) is 20.2 Å². The molecule has 1 N–H and O–H groups in total. The summed E-state index contributed by atoms with van der Waals surface area (Å²) in [5.41, 5.74) is 1.61. The minimum Gasteiger partial charge on any atom is -0.381 e. The third-order valence-electron chi connectivity index (χ3n) is 3.22. The van der Waals surface area contributed by atoms with E-state index in [2.05, 4.69) is 31.2 Å². The van der Waals surface area contributed by atoms with Crippen LogP contribution in [0.25, 0.3) is 0 Å². The standard InChI is InChI=1S/C14H18O.Zr/c1-2-11-14(15,12-7-3-4-8-12)13-9-5-6-10-13;/h3-7,9,15H,2,8,10-11H2,1H3;. The molecule has 0 saturated heterocycles. The summed E-state index contributed by atoms with van der Waals surface area (Å²) in [7, 11) is 0. The van der Waals surface area contributed by atoms with Crippen LogP contribution in [0.1, 0.15) is 32.6 Å². The second kappa shape index (κ2) is 5.93. The number of allylic oxidation sites excluding steroid dienone is 6. The molecule has 0 unspecified atom stereocenters. The summed E-state index contributed by atoms with van der Waals surface area (Å²) in [6.45, 7) is 2.12. The molecule has 0 aromatic heterocycles. The Morgan fingerprint density at radius 3 is 1.94 bits per heavy atom. The summed E-state index contributed by atoms with van der Waals surface area (Å²) < 4.78 is 0. The van der Waals surface area contributed by atoms with Gasteiger partial charge in [-0.25, -0.2) is 0 Å². The van der Waals surface area contributed by atoms with Crippen LogP contribution in [0.2, 0.25) is 0 Å². The fourth-order valence-corrected chi connectivity index (χ4v) is 2.40. The number of aliphatic hydroxyl groups is 1. The van der Waals surface area contributed by atoms with E-state index in [0.717, 1.165) is 36.8 Å². The van der Waals surface area contributed by atoms with Gasteiger partial charge in [-0.1, -0.05) is 49.8 Å². The quantitative estimate of drug-likeness (QED) is 0.843. The average Bonchev–Trinajstić information content (AvgIpc) is 2.92. The van der Waals surface area contributed by atoms with Crippen LogP contribution in [-0.2, 0) is 26.2 Å². The zero-order valence-electron chi connectivity index (χ0n) is 9.74. The summed E-state index contributed by atoms with van der Waals surface area (Å²) in [6, 6.07) is 0. The summed E-state index contributed by atoms with van der Waals surface area (Å²) >= 11 is 0. The van der Waals surface area contributed by atoms with E-state index in [1.165, 1.54) is 0 Å². The molecule has 0 saturated carbocycles. The SMILES string of the molecule is CCCC(O)(C1=CC=CC1)C1=CC=CC1.[Zr]. The molecule has 2 heteroatoms. The van der Waals surface area contributed by atoms with Crippen molar-refractivity contribution < 1.29 is 31.3 Å². The zero-order chi connectivity index (χ0) is 10.7. The minimum absolute atomic E-state index is 0. The van der Waals surface area contributed by atoms with Crippen LogP contribution in [0.15, 0.2) is 47.6 Å². The van der Waals surface area contributed by atoms with Crippen molar-refractivity contribution in [2.24, 2.45) is 0 Å². The second-order valence-corrected chi connectivity index (χ2v) is 4.26. The molecule has 2 rings (SSSR count). The van der Waals surface area contributed by atoms with Gasteiger partial charge in [0.15, 0.2) is 0 Å². The Morgan fingerprint density at radius 1 is 1.12 bits per heavy atom. The van der Waals surface area contributed by atoms with E-state index in [4.69, 9.17) is 0 Å². The van der Waals surface area contributed by atoms with Crippen molar-refractivity contribution in [3.8, 4) is 0 Å². The van der Waals surface area contributed by atoms with Crippen molar-refractivity contribution in [3.63, 3.8) is 0 Å². The van der Waals surface area contributed by atoms with Crippen molar-refractivity contribution in [2.45, 2.75) is 38.2 Å². The molecule has 84 valence electrons. The normalized spacial score (nSPS) is 18.4. The summed E-state index contributed by atoms with van der Waals surface area (Å²) in [4.78, 5) is 0. The van der Waals surface area contributed by atoms with Crippen LogP contribution in [-0.4, -0.2) is 10.7 Å². The van der Waals surface area contributed by atoms with Crippen molar-refractivity contribution in [1.82, 2.24) is 0 Å². The average molecular weight is 294 g/mol. The molecule has 0 aliphatic heterocycles. The largest absolute Gasteiger partial charge is 0.381 e. The number of hydrogen-bond acceptors (Lipinski definition) is 1. The molecule has 0 aromatic rings. The van der Waals surface area contributed by atoms with Gasteiger partial charge in [-0.2, -0.15) is 0 Å². The van der Waals surface area contributed by atoms with E-state index < -0.39 is 5.60 Å². The second-order valence-electron chi connectivity index (χ2n) is 4.26. The van der Waals surface area contributed by atoms with Crippen molar-refractivity contribution in [1.29, 1.82) is 0 Å². The number of rotatable bonds is 4. The molecule has 0 aromatic carbocycles. The molecule has 0 amide bonds. The summed E-state index contributed by atoms with van der Waals surface area (Å²) in [5.74, 6) is 0. The van der Waals surface area contributed by atoms with Crippen molar-refractivity contribution in [3.05, 3.63) is 47.6 Å². The molecule has 0 spiro atoms. The van der Waals surface area contributed by atoms with Gasteiger partial charge >= 0.3 is 0 Å². The summed E-state index contributed by atoms with van der Waals surface area (Å²) in [5, 5.41) is 10.8. The van der Waals surface area contributed by atoms with Gasteiger partial charge in [0.2, 0.25) is 0 Å². The van der Waals surface area contributed by atoms with E-state index in [9.17, 15) is 5.11 Å². The van der Waals surface area contributed by atoms with Gasteiger partial charge in [0.1, 0.15) is 5.60 Å². The maximum Gasteiger partial charge on any atom is 0.108 e. The first-order valence-corrected chi connectivity index (χ1v) is 5.72. The first-order valence-electron chi connectivity index (χ1n) is 5.72. The third-order valence-corrected chi connectivity index (χ3v) is 3.22. The molecular formula is C14H18OZr. The maximum absolute atomic E-state index is 10.8. The van der Waals surface area contributed by atoms with Gasteiger partial charge in [0.05, 0.1) is 0 Å². The monoisotopic (exact) mass is 292 g/mol.